The minimum absolute atomic E-state index is 0.00453. The van der Waals surface area contributed by atoms with Crippen LogP contribution >= 0.6 is 0 Å². The number of rotatable bonds is 6. The highest BCUT2D eigenvalue weighted by Gasteiger charge is 2.30. The quantitative estimate of drug-likeness (QED) is 0.703. The Balaban J connectivity index is 1.40. The van der Waals surface area contributed by atoms with Gasteiger partial charge in [0.1, 0.15) is 6.04 Å². The third-order valence-electron chi connectivity index (χ3n) is 4.79. The van der Waals surface area contributed by atoms with Gasteiger partial charge in [-0.15, -0.1) is 0 Å². The van der Waals surface area contributed by atoms with Crippen LogP contribution in [0.2, 0.25) is 0 Å². The molecule has 0 aliphatic carbocycles. The first-order valence-corrected chi connectivity index (χ1v) is 9.08. The fraction of sp³-hybridized carbons (Fsp3) is 0.368. The summed E-state index contributed by atoms with van der Waals surface area (Å²) in [5, 5.41) is 11.7. The molecule has 3 aromatic rings. The van der Waals surface area contributed by atoms with Crippen molar-refractivity contribution in [2.75, 3.05) is 13.1 Å². The number of aryl methyl sites for hydroxylation is 1. The van der Waals surface area contributed by atoms with Crippen LogP contribution in [0.25, 0.3) is 0 Å². The van der Waals surface area contributed by atoms with Crippen LogP contribution in [0, 0.1) is 0 Å². The lowest BCUT2D eigenvalue weighted by Gasteiger charge is -2.32. The van der Waals surface area contributed by atoms with Gasteiger partial charge in [-0.25, -0.2) is 0 Å². The van der Waals surface area contributed by atoms with Crippen molar-refractivity contribution in [2.24, 2.45) is 7.05 Å². The van der Waals surface area contributed by atoms with Crippen molar-refractivity contribution in [3.63, 3.8) is 0 Å². The van der Waals surface area contributed by atoms with Crippen molar-refractivity contribution in [3.8, 4) is 0 Å². The molecule has 8 nitrogen and oxygen atoms in total. The summed E-state index contributed by atoms with van der Waals surface area (Å²) in [6, 6.07) is 5.59. The number of nitrogens with one attached hydrogen (secondary N) is 1. The zero-order valence-corrected chi connectivity index (χ0v) is 15.3. The molecule has 140 valence electrons. The minimum Gasteiger partial charge on any atom is -0.354 e. The highest BCUT2D eigenvalue weighted by atomic mass is 16.2. The Morgan fingerprint density at radius 3 is 2.81 bits per heavy atom. The third-order valence-corrected chi connectivity index (χ3v) is 4.79. The van der Waals surface area contributed by atoms with Crippen LogP contribution in [0.15, 0.2) is 49.2 Å². The smallest absolute Gasteiger partial charge is 0.246 e. The topological polar surface area (TPSA) is 80.9 Å². The fourth-order valence-electron chi connectivity index (χ4n) is 3.49. The van der Waals surface area contributed by atoms with Crippen LogP contribution in [0.4, 0.5) is 0 Å². The van der Waals surface area contributed by atoms with Crippen molar-refractivity contribution in [2.45, 2.75) is 25.6 Å². The molecule has 0 spiro atoms. The van der Waals surface area contributed by atoms with E-state index in [1.807, 2.05) is 42.3 Å². The second-order valence-corrected chi connectivity index (χ2v) is 6.87. The summed E-state index contributed by atoms with van der Waals surface area (Å²) < 4.78 is 3.65. The number of aromatic nitrogens is 5. The van der Waals surface area contributed by atoms with Gasteiger partial charge < -0.3 is 5.32 Å². The monoisotopic (exact) mass is 365 g/mol. The predicted molar refractivity (Wildman–Crippen MR) is 99.5 cm³/mol. The molecule has 0 bridgehead atoms. The molecule has 1 aliphatic rings. The van der Waals surface area contributed by atoms with Crippen LogP contribution in [0.1, 0.15) is 22.9 Å². The SMILES string of the molecule is Cn1cc(CN2Cc3ccnn3[C@H](C(=O)NCCc3ccncc3)C2)cn1. The molecule has 0 saturated carbocycles. The summed E-state index contributed by atoms with van der Waals surface area (Å²) in [6.45, 7) is 2.76. The number of hydrogen-bond acceptors (Lipinski definition) is 5. The maximum atomic E-state index is 12.8. The van der Waals surface area contributed by atoms with Gasteiger partial charge in [-0.2, -0.15) is 10.2 Å². The standard InChI is InChI=1S/C19H23N7O/c1-24-11-16(10-23-24)12-25-13-17-5-9-22-26(17)18(14-25)19(27)21-8-4-15-2-6-20-7-3-15/h2-3,5-7,9-11,18H,4,8,12-14H2,1H3,(H,21,27)/t18-/m0/s1. The van der Waals surface area contributed by atoms with Gasteiger partial charge in [0.25, 0.3) is 0 Å². The molecule has 0 unspecified atom stereocenters. The molecule has 3 aromatic heterocycles. The van der Waals surface area contributed by atoms with E-state index in [4.69, 9.17) is 0 Å². The maximum absolute atomic E-state index is 12.8. The molecular weight excluding hydrogens is 342 g/mol. The van der Waals surface area contributed by atoms with E-state index in [2.05, 4.69) is 25.4 Å². The van der Waals surface area contributed by atoms with E-state index < -0.39 is 0 Å². The van der Waals surface area contributed by atoms with Crippen molar-refractivity contribution in [1.82, 2.24) is 34.8 Å². The lowest BCUT2D eigenvalue weighted by Crippen LogP contribution is -2.45. The zero-order chi connectivity index (χ0) is 18.6. The van der Waals surface area contributed by atoms with Crippen molar-refractivity contribution in [3.05, 3.63) is 66.0 Å². The van der Waals surface area contributed by atoms with Crippen LogP contribution in [0.3, 0.4) is 0 Å². The number of nitrogens with zero attached hydrogens (tertiary/aromatic N) is 6. The highest BCUT2D eigenvalue weighted by molar-refractivity contribution is 5.80. The molecule has 4 rings (SSSR count). The third kappa shape index (κ3) is 4.06. The average Bonchev–Trinajstić information content (AvgIpc) is 3.30. The second kappa shape index (κ2) is 7.71. The van der Waals surface area contributed by atoms with Gasteiger partial charge in [0.2, 0.25) is 5.91 Å². The molecule has 0 fully saturated rings. The summed E-state index contributed by atoms with van der Waals surface area (Å²) in [4.78, 5) is 19.1. The van der Waals surface area contributed by atoms with E-state index >= 15 is 0 Å². The minimum atomic E-state index is -0.321. The van der Waals surface area contributed by atoms with E-state index in [0.717, 1.165) is 36.3 Å². The van der Waals surface area contributed by atoms with E-state index in [9.17, 15) is 4.79 Å². The fourth-order valence-corrected chi connectivity index (χ4v) is 3.49. The Morgan fingerprint density at radius 1 is 1.19 bits per heavy atom. The summed E-state index contributed by atoms with van der Waals surface area (Å²) >= 11 is 0. The molecule has 8 heteroatoms. The summed E-state index contributed by atoms with van der Waals surface area (Å²) in [6.07, 6.45) is 9.97. The van der Waals surface area contributed by atoms with E-state index in [1.165, 1.54) is 0 Å². The van der Waals surface area contributed by atoms with Gasteiger partial charge in [-0.05, 0) is 30.2 Å². The zero-order valence-electron chi connectivity index (χ0n) is 15.3. The van der Waals surface area contributed by atoms with Crippen molar-refractivity contribution < 1.29 is 4.79 Å². The lowest BCUT2D eigenvalue weighted by atomic mass is 10.1. The molecule has 27 heavy (non-hydrogen) atoms. The molecule has 0 saturated heterocycles. The first-order chi connectivity index (χ1) is 13.2. The van der Waals surface area contributed by atoms with E-state index in [1.54, 1.807) is 23.3 Å². The number of pyridine rings is 1. The van der Waals surface area contributed by atoms with Crippen LogP contribution in [-0.4, -0.2) is 48.4 Å². The van der Waals surface area contributed by atoms with Gasteiger partial charge in [-0.3, -0.25) is 24.0 Å². The number of hydrogen-bond donors (Lipinski definition) is 1. The Bertz CT molecular complexity index is 902. The van der Waals surface area contributed by atoms with Gasteiger partial charge >= 0.3 is 0 Å². The number of carbonyl (C=O) groups is 1. The van der Waals surface area contributed by atoms with Gasteiger partial charge in [0.15, 0.2) is 0 Å². The van der Waals surface area contributed by atoms with Crippen LogP contribution in [0.5, 0.6) is 0 Å². The van der Waals surface area contributed by atoms with Crippen molar-refractivity contribution >= 4 is 5.91 Å². The summed E-state index contributed by atoms with van der Waals surface area (Å²) in [5.41, 5.74) is 3.36. The largest absolute Gasteiger partial charge is 0.354 e. The Hall–Kier alpha value is -3.00. The van der Waals surface area contributed by atoms with Gasteiger partial charge in [0, 0.05) is 63.6 Å². The van der Waals surface area contributed by atoms with Gasteiger partial charge in [0.05, 0.1) is 11.9 Å². The number of fused-ring (bicyclic) bond motifs is 1. The Labute approximate surface area is 157 Å². The first-order valence-electron chi connectivity index (χ1n) is 9.08. The molecular formula is C19H23N7O. The normalized spacial score (nSPS) is 16.9. The molecule has 1 aliphatic heterocycles. The maximum Gasteiger partial charge on any atom is 0.246 e. The average molecular weight is 365 g/mol. The van der Waals surface area contributed by atoms with Crippen molar-refractivity contribution in [1.29, 1.82) is 0 Å². The summed E-state index contributed by atoms with van der Waals surface area (Å²) in [5.74, 6) is 0.00453. The Kier molecular flexibility index (Phi) is 4.97. The predicted octanol–water partition coefficient (Wildman–Crippen LogP) is 0.927. The lowest BCUT2D eigenvalue weighted by molar-refractivity contribution is -0.126. The highest BCUT2D eigenvalue weighted by Crippen LogP contribution is 2.22. The van der Waals surface area contributed by atoms with Gasteiger partial charge in [-0.1, -0.05) is 0 Å². The molecule has 4 heterocycles. The Morgan fingerprint density at radius 2 is 2.04 bits per heavy atom. The molecule has 0 radical (unpaired) electrons. The number of amides is 1. The number of carbonyl (C=O) groups excluding carboxylic acids is 1. The summed E-state index contributed by atoms with van der Waals surface area (Å²) in [7, 11) is 1.91. The van der Waals surface area contributed by atoms with E-state index in [-0.39, 0.29) is 11.9 Å². The van der Waals surface area contributed by atoms with Crippen LogP contribution < -0.4 is 5.32 Å². The van der Waals surface area contributed by atoms with E-state index in [0.29, 0.717) is 13.1 Å². The molecule has 1 amide bonds. The first kappa shape index (κ1) is 17.4. The second-order valence-electron chi connectivity index (χ2n) is 6.87. The molecule has 1 N–H and O–H groups in total. The van der Waals surface area contributed by atoms with Crippen LogP contribution in [-0.2, 0) is 31.4 Å². The molecule has 0 aromatic carbocycles. The molecule has 1 atom stereocenters.